The van der Waals surface area contributed by atoms with Crippen molar-refractivity contribution in [1.82, 2.24) is 19.9 Å². The normalized spacial score (nSPS) is 11.9. The van der Waals surface area contributed by atoms with Gasteiger partial charge in [0.25, 0.3) is 5.91 Å². The first-order chi connectivity index (χ1) is 12.0. The molecule has 6 nitrogen and oxygen atoms in total. The van der Waals surface area contributed by atoms with Crippen LogP contribution in [0.1, 0.15) is 22.2 Å². The Morgan fingerprint density at radius 3 is 2.56 bits per heavy atom. The van der Waals surface area contributed by atoms with E-state index in [9.17, 15) is 9.90 Å². The van der Waals surface area contributed by atoms with Crippen LogP contribution in [0.2, 0.25) is 0 Å². The molecule has 1 amide bonds. The molecule has 0 fully saturated rings. The quantitative estimate of drug-likeness (QED) is 0.762. The van der Waals surface area contributed by atoms with Gasteiger partial charge in [-0.1, -0.05) is 12.1 Å². The number of hydrogen-bond acceptors (Lipinski definition) is 6. The van der Waals surface area contributed by atoms with E-state index in [0.29, 0.717) is 22.1 Å². The molecule has 2 heterocycles. The van der Waals surface area contributed by atoms with Gasteiger partial charge in [-0.2, -0.15) is 0 Å². The summed E-state index contributed by atoms with van der Waals surface area (Å²) in [5.74, 6) is 0.679. The summed E-state index contributed by atoms with van der Waals surface area (Å²) >= 11 is 1.29. The predicted octanol–water partition coefficient (Wildman–Crippen LogP) is 3.01. The molecule has 0 aliphatic carbocycles. The molecule has 0 saturated carbocycles. The molecule has 0 saturated heterocycles. The molecule has 7 heteroatoms. The predicted molar refractivity (Wildman–Crippen MR) is 96.5 cm³/mol. The average molecular weight is 354 g/mol. The first-order valence-corrected chi connectivity index (χ1v) is 8.64. The van der Waals surface area contributed by atoms with Crippen molar-refractivity contribution >= 4 is 17.2 Å². The molecular formula is C18H18N4O2S. The number of likely N-dealkylation sites (N-methyl/N-ethyl adjacent to an activating group) is 1. The van der Waals surface area contributed by atoms with Gasteiger partial charge in [0.2, 0.25) is 0 Å². The van der Waals surface area contributed by atoms with Crippen molar-refractivity contribution in [3.8, 4) is 16.6 Å². The highest BCUT2D eigenvalue weighted by Crippen LogP contribution is 2.23. The third-order valence-electron chi connectivity index (χ3n) is 3.92. The Morgan fingerprint density at radius 1 is 1.20 bits per heavy atom. The van der Waals surface area contributed by atoms with Crippen molar-refractivity contribution in [2.75, 3.05) is 7.05 Å². The first kappa shape index (κ1) is 17.0. The number of amides is 1. The molecule has 1 unspecified atom stereocenters. The number of hydrogen-bond donors (Lipinski definition) is 1. The summed E-state index contributed by atoms with van der Waals surface area (Å²) in [4.78, 5) is 27.5. The van der Waals surface area contributed by atoms with Crippen LogP contribution in [-0.4, -0.2) is 44.0 Å². The monoisotopic (exact) mass is 354 g/mol. The Labute approximate surface area is 149 Å². The molecule has 2 aromatic heterocycles. The zero-order valence-electron chi connectivity index (χ0n) is 14.0. The number of carbonyl (C=O) groups is 1. The molecule has 0 aliphatic rings. The van der Waals surface area contributed by atoms with Crippen LogP contribution >= 0.6 is 11.3 Å². The van der Waals surface area contributed by atoms with Gasteiger partial charge in [0, 0.05) is 25.5 Å². The number of nitrogens with zero attached hydrogens (tertiary/aromatic N) is 4. The van der Waals surface area contributed by atoms with Gasteiger partial charge < -0.3 is 10.0 Å². The number of carbonyl (C=O) groups excluding carboxylic acids is 1. The molecule has 1 atom stereocenters. The van der Waals surface area contributed by atoms with Crippen LogP contribution < -0.4 is 0 Å². The van der Waals surface area contributed by atoms with Gasteiger partial charge >= 0.3 is 0 Å². The van der Waals surface area contributed by atoms with Crippen LogP contribution in [0.25, 0.3) is 10.8 Å². The molecule has 3 rings (SSSR count). The van der Waals surface area contributed by atoms with Crippen molar-refractivity contribution in [1.29, 1.82) is 0 Å². The highest BCUT2D eigenvalue weighted by Gasteiger charge is 2.21. The second-order valence-corrected chi connectivity index (χ2v) is 6.77. The fourth-order valence-corrected chi connectivity index (χ4v) is 3.22. The Bertz CT molecular complexity index is 849. The maximum absolute atomic E-state index is 12.7. The van der Waals surface area contributed by atoms with E-state index < -0.39 is 0 Å². The summed E-state index contributed by atoms with van der Waals surface area (Å²) in [5.41, 5.74) is 1.06. The number of phenols is 1. The van der Waals surface area contributed by atoms with E-state index in [1.54, 1.807) is 48.7 Å². The molecule has 1 aromatic carbocycles. The summed E-state index contributed by atoms with van der Waals surface area (Å²) in [5, 5.41) is 9.98. The number of phenolic OH excluding ortho intramolecular Hbond substituents is 1. The molecule has 0 bridgehead atoms. The van der Waals surface area contributed by atoms with Crippen LogP contribution in [0.15, 0.2) is 48.9 Å². The smallest absolute Gasteiger partial charge is 0.265 e. The molecule has 128 valence electrons. The zero-order chi connectivity index (χ0) is 17.8. The molecule has 25 heavy (non-hydrogen) atoms. The minimum Gasteiger partial charge on any atom is -0.508 e. The average Bonchev–Trinajstić information content (AvgIpc) is 3.13. The van der Waals surface area contributed by atoms with Gasteiger partial charge in [-0.15, -0.1) is 11.3 Å². The largest absolute Gasteiger partial charge is 0.508 e. The van der Waals surface area contributed by atoms with Gasteiger partial charge in [0.1, 0.15) is 10.6 Å². The fourth-order valence-electron chi connectivity index (χ4n) is 2.37. The molecule has 1 N–H and O–H groups in total. The standard InChI is InChI=1S/C18H18N4O2S/c1-12(10-13-4-6-14(23)7-5-13)22(2)18(24)15-11-21-17(25-15)16-19-8-3-9-20-16/h3-9,11-12,23H,10H2,1-2H3. The number of benzene rings is 1. The van der Waals surface area contributed by atoms with E-state index in [0.717, 1.165) is 5.56 Å². The Morgan fingerprint density at radius 2 is 1.88 bits per heavy atom. The van der Waals surface area contributed by atoms with Crippen LogP contribution in [-0.2, 0) is 6.42 Å². The Hall–Kier alpha value is -2.80. The van der Waals surface area contributed by atoms with E-state index in [4.69, 9.17) is 0 Å². The highest BCUT2D eigenvalue weighted by atomic mass is 32.1. The molecular weight excluding hydrogens is 336 g/mol. The van der Waals surface area contributed by atoms with E-state index >= 15 is 0 Å². The minimum atomic E-state index is -0.0778. The fraction of sp³-hybridized carbons (Fsp3) is 0.222. The van der Waals surface area contributed by atoms with Crippen LogP contribution in [0.5, 0.6) is 5.75 Å². The van der Waals surface area contributed by atoms with E-state index in [1.807, 2.05) is 19.1 Å². The lowest BCUT2D eigenvalue weighted by Crippen LogP contribution is -2.36. The summed E-state index contributed by atoms with van der Waals surface area (Å²) in [6.45, 7) is 1.99. The second kappa shape index (κ2) is 7.40. The lowest BCUT2D eigenvalue weighted by molar-refractivity contribution is 0.0748. The minimum absolute atomic E-state index is 0.00979. The van der Waals surface area contributed by atoms with Crippen molar-refractivity contribution < 1.29 is 9.90 Å². The van der Waals surface area contributed by atoms with Crippen molar-refractivity contribution in [3.63, 3.8) is 0 Å². The first-order valence-electron chi connectivity index (χ1n) is 7.83. The maximum Gasteiger partial charge on any atom is 0.265 e. The zero-order valence-corrected chi connectivity index (χ0v) is 14.8. The summed E-state index contributed by atoms with van der Waals surface area (Å²) < 4.78 is 0. The Balaban J connectivity index is 1.69. The van der Waals surface area contributed by atoms with E-state index in [2.05, 4.69) is 15.0 Å². The topological polar surface area (TPSA) is 79.2 Å². The molecule has 0 spiro atoms. The Kier molecular flexibility index (Phi) is 5.04. The second-order valence-electron chi connectivity index (χ2n) is 5.74. The van der Waals surface area contributed by atoms with Gasteiger partial charge in [-0.25, -0.2) is 15.0 Å². The highest BCUT2D eigenvalue weighted by molar-refractivity contribution is 7.16. The van der Waals surface area contributed by atoms with Gasteiger partial charge in [0.15, 0.2) is 10.8 Å². The summed E-state index contributed by atoms with van der Waals surface area (Å²) in [7, 11) is 1.78. The summed E-state index contributed by atoms with van der Waals surface area (Å²) in [6, 6.07) is 8.78. The van der Waals surface area contributed by atoms with E-state index in [-0.39, 0.29) is 17.7 Å². The third kappa shape index (κ3) is 4.00. The maximum atomic E-state index is 12.7. The number of thiazole rings is 1. The van der Waals surface area contributed by atoms with Crippen LogP contribution in [0.4, 0.5) is 0 Å². The number of aromatic hydroxyl groups is 1. The number of aromatic nitrogens is 3. The molecule has 0 radical (unpaired) electrons. The van der Waals surface area contributed by atoms with Crippen molar-refractivity contribution in [2.24, 2.45) is 0 Å². The van der Waals surface area contributed by atoms with Crippen LogP contribution in [0, 0.1) is 0 Å². The SMILES string of the molecule is CC(Cc1ccc(O)cc1)N(C)C(=O)c1cnc(-c2ncccn2)s1. The summed E-state index contributed by atoms with van der Waals surface area (Å²) in [6.07, 6.45) is 5.58. The van der Waals surface area contributed by atoms with Gasteiger partial charge in [0.05, 0.1) is 6.20 Å². The van der Waals surface area contributed by atoms with Crippen LogP contribution in [0.3, 0.4) is 0 Å². The van der Waals surface area contributed by atoms with Crippen molar-refractivity contribution in [2.45, 2.75) is 19.4 Å². The number of rotatable bonds is 5. The lowest BCUT2D eigenvalue weighted by Gasteiger charge is -2.24. The van der Waals surface area contributed by atoms with Gasteiger partial charge in [-0.3, -0.25) is 4.79 Å². The lowest BCUT2D eigenvalue weighted by atomic mass is 10.1. The van der Waals surface area contributed by atoms with Gasteiger partial charge in [-0.05, 0) is 37.1 Å². The molecule has 0 aliphatic heterocycles. The van der Waals surface area contributed by atoms with E-state index in [1.165, 1.54) is 11.3 Å². The van der Waals surface area contributed by atoms with Crippen molar-refractivity contribution in [3.05, 3.63) is 59.4 Å². The molecule has 3 aromatic rings. The third-order valence-corrected chi connectivity index (χ3v) is 4.90.